The highest BCUT2D eigenvalue weighted by Gasteiger charge is 2.28. The van der Waals surface area contributed by atoms with Crippen LogP contribution in [0.1, 0.15) is 27.8 Å². The molecule has 0 radical (unpaired) electrons. The maximum Gasteiger partial charge on any atom is 0.340 e. The summed E-state index contributed by atoms with van der Waals surface area (Å²) in [6.45, 7) is 2.00. The van der Waals surface area contributed by atoms with Crippen molar-refractivity contribution < 1.29 is 19.1 Å². The molecule has 0 aliphatic heterocycles. The molecule has 28 heavy (non-hydrogen) atoms. The molecule has 2 heterocycles. The molecule has 0 spiro atoms. The molecule has 0 N–H and O–H groups in total. The van der Waals surface area contributed by atoms with Crippen LogP contribution in [0.25, 0.3) is 27.4 Å². The summed E-state index contributed by atoms with van der Waals surface area (Å²) in [4.78, 5) is 25.1. The molecule has 0 bridgehead atoms. The lowest BCUT2D eigenvalue weighted by Crippen LogP contribution is -2.06. The number of methoxy groups -OCH3 is 1. The minimum atomic E-state index is -0.468. The van der Waals surface area contributed by atoms with Gasteiger partial charge in [-0.15, -0.1) is 0 Å². The van der Waals surface area contributed by atoms with E-state index < -0.39 is 5.97 Å². The van der Waals surface area contributed by atoms with Crippen LogP contribution in [0.15, 0.2) is 60.8 Å². The van der Waals surface area contributed by atoms with Gasteiger partial charge in [-0.05, 0) is 35.9 Å². The summed E-state index contributed by atoms with van der Waals surface area (Å²) in [6.07, 6.45) is 2.54. The van der Waals surface area contributed by atoms with E-state index in [1.165, 1.54) is 0 Å². The van der Waals surface area contributed by atoms with Crippen LogP contribution in [-0.4, -0.2) is 30.4 Å². The highest BCUT2D eigenvalue weighted by atomic mass is 16.5. The van der Waals surface area contributed by atoms with Gasteiger partial charge in [-0.1, -0.05) is 36.4 Å². The third-order valence-corrected chi connectivity index (χ3v) is 4.83. The van der Waals surface area contributed by atoms with E-state index in [9.17, 15) is 9.59 Å². The number of nitrogens with zero attached hydrogens (tertiary/aromatic N) is 1. The average molecular weight is 373 g/mol. The minimum Gasteiger partial charge on any atom is -0.496 e. The van der Waals surface area contributed by atoms with Crippen LogP contribution in [0.4, 0.5) is 0 Å². The highest BCUT2D eigenvalue weighted by Crippen LogP contribution is 2.42. The van der Waals surface area contributed by atoms with Gasteiger partial charge >= 0.3 is 5.97 Å². The summed E-state index contributed by atoms with van der Waals surface area (Å²) < 4.78 is 12.7. The van der Waals surface area contributed by atoms with Crippen molar-refractivity contribution in [2.45, 2.75) is 6.92 Å². The topological polar surface area (TPSA) is 57.0 Å². The third kappa shape index (κ3) is 2.63. The van der Waals surface area contributed by atoms with E-state index in [1.54, 1.807) is 30.7 Å². The molecule has 0 unspecified atom stereocenters. The smallest absolute Gasteiger partial charge is 0.340 e. The van der Waals surface area contributed by atoms with Gasteiger partial charge in [0.15, 0.2) is 6.29 Å². The van der Waals surface area contributed by atoms with Gasteiger partial charge in [-0.2, -0.15) is 0 Å². The molecule has 0 amide bonds. The fourth-order valence-electron chi connectivity index (χ4n) is 3.69. The van der Waals surface area contributed by atoms with Gasteiger partial charge in [0.25, 0.3) is 0 Å². The first-order valence-corrected chi connectivity index (χ1v) is 9.02. The number of pyridine rings is 1. The van der Waals surface area contributed by atoms with E-state index in [0.717, 1.165) is 17.1 Å². The first-order chi connectivity index (χ1) is 13.7. The predicted molar refractivity (Wildman–Crippen MR) is 108 cm³/mol. The molecule has 4 rings (SSSR count). The van der Waals surface area contributed by atoms with Gasteiger partial charge < -0.3 is 13.9 Å². The van der Waals surface area contributed by atoms with E-state index in [1.807, 2.05) is 48.5 Å². The Balaban J connectivity index is 2.21. The summed E-state index contributed by atoms with van der Waals surface area (Å²) in [5.41, 5.74) is 2.59. The fourth-order valence-corrected chi connectivity index (χ4v) is 3.69. The first kappa shape index (κ1) is 17.8. The maximum atomic E-state index is 12.9. The second-order valence-corrected chi connectivity index (χ2v) is 6.29. The molecule has 4 aromatic rings. The molecule has 5 heteroatoms. The lowest BCUT2D eigenvalue weighted by atomic mass is 9.94. The number of aldehydes is 1. The number of rotatable bonds is 5. The number of hydrogen-bond acceptors (Lipinski definition) is 4. The van der Waals surface area contributed by atoms with E-state index in [4.69, 9.17) is 9.47 Å². The number of esters is 1. The quantitative estimate of drug-likeness (QED) is 0.374. The Kier molecular flexibility index (Phi) is 4.57. The average Bonchev–Trinajstić information content (AvgIpc) is 3.07. The Morgan fingerprint density at radius 2 is 1.82 bits per heavy atom. The van der Waals surface area contributed by atoms with Gasteiger partial charge in [-0.25, -0.2) is 4.79 Å². The Hall–Kier alpha value is -3.60. The van der Waals surface area contributed by atoms with Crippen molar-refractivity contribution in [3.05, 3.63) is 72.1 Å². The second-order valence-electron chi connectivity index (χ2n) is 6.29. The molecular weight excluding hydrogens is 354 g/mol. The lowest BCUT2D eigenvalue weighted by molar-refractivity contribution is 0.0529. The van der Waals surface area contributed by atoms with Gasteiger partial charge in [0.2, 0.25) is 0 Å². The molecule has 0 aliphatic rings. The minimum absolute atomic E-state index is 0.242. The van der Waals surface area contributed by atoms with Crippen LogP contribution < -0.4 is 4.74 Å². The van der Waals surface area contributed by atoms with Crippen LogP contribution in [0.2, 0.25) is 0 Å². The van der Waals surface area contributed by atoms with E-state index in [-0.39, 0.29) is 6.61 Å². The lowest BCUT2D eigenvalue weighted by Gasteiger charge is -2.14. The number of hydrogen-bond donors (Lipinski definition) is 0. The van der Waals surface area contributed by atoms with Crippen molar-refractivity contribution in [2.75, 3.05) is 13.7 Å². The summed E-state index contributed by atoms with van der Waals surface area (Å²) in [6, 6.07) is 17.1. The Labute approximate surface area is 162 Å². The van der Waals surface area contributed by atoms with Crippen LogP contribution in [0.3, 0.4) is 0 Å². The second kappa shape index (κ2) is 7.19. The van der Waals surface area contributed by atoms with Crippen molar-refractivity contribution in [2.24, 2.45) is 0 Å². The van der Waals surface area contributed by atoms with Crippen LogP contribution >= 0.6 is 0 Å². The monoisotopic (exact) mass is 373 g/mol. The number of benzene rings is 2. The van der Waals surface area contributed by atoms with Crippen molar-refractivity contribution in [1.29, 1.82) is 0 Å². The number of fused-ring (bicyclic) bond motifs is 2. The number of ether oxygens (including phenoxy) is 2. The zero-order valence-corrected chi connectivity index (χ0v) is 15.6. The Morgan fingerprint density at radius 1 is 1.04 bits per heavy atom. The van der Waals surface area contributed by atoms with Crippen LogP contribution in [0, 0.1) is 0 Å². The molecule has 2 aromatic heterocycles. The maximum absolute atomic E-state index is 12.9. The van der Waals surface area contributed by atoms with Crippen LogP contribution in [-0.2, 0) is 4.74 Å². The molecule has 0 atom stereocenters. The van der Waals surface area contributed by atoms with Crippen LogP contribution in [0.5, 0.6) is 5.75 Å². The summed E-state index contributed by atoms with van der Waals surface area (Å²) in [5.74, 6) is 0.118. The van der Waals surface area contributed by atoms with Gasteiger partial charge in [-0.3, -0.25) is 4.79 Å². The summed E-state index contributed by atoms with van der Waals surface area (Å²) >= 11 is 0. The summed E-state index contributed by atoms with van der Waals surface area (Å²) in [7, 11) is 1.58. The van der Waals surface area contributed by atoms with Gasteiger partial charge in [0, 0.05) is 17.3 Å². The van der Waals surface area contributed by atoms with E-state index in [0.29, 0.717) is 33.7 Å². The zero-order valence-electron chi connectivity index (χ0n) is 15.6. The van der Waals surface area contributed by atoms with Gasteiger partial charge in [0.05, 0.1) is 30.5 Å². The first-order valence-electron chi connectivity index (χ1n) is 9.02. The Bertz CT molecular complexity index is 1210. The van der Waals surface area contributed by atoms with E-state index >= 15 is 0 Å². The number of carbonyl (C=O) groups is 2. The SMILES string of the molecule is CCOC(=O)c1c(-c2c(OC)ccc3ccccc23)c(C=O)n2ccccc12. The zero-order chi connectivity index (χ0) is 19.7. The highest BCUT2D eigenvalue weighted by molar-refractivity contribution is 6.14. The molecule has 0 aliphatic carbocycles. The molecule has 140 valence electrons. The fraction of sp³-hybridized carbons (Fsp3) is 0.130. The summed E-state index contributed by atoms with van der Waals surface area (Å²) in [5, 5.41) is 1.88. The molecule has 5 nitrogen and oxygen atoms in total. The third-order valence-electron chi connectivity index (χ3n) is 4.83. The largest absolute Gasteiger partial charge is 0.496 e. The van der Waals surface area contributed by atoms with Crippen molar-refractivity contribution in [3.8, 4) is 16.9 Å². The normalized spacial score (nSPS) is 10.9. The molecule has 0 fully saturated rings. The number of aromatic nitrogens is 1. The molecule has 0 saturated carbocycles. The molecule has 2 aromatic carbocycles. The van der Waals surface area contributed by atoms with Crippen molar-refractivity contribution in [1.82, 2.24) is 4.40 Å². The predicted octanol–water partition coefficient (Wildman–Crippen LogP) is 4.76. The number of carbonyl (C=O) groups excluding carboxylic acids is 2. The van der Waals surface area contributed by atoms with Crippen molar-refractivity contribution >= 4 is 28.5 Å². The standard InChI is InChI=1S/C23H19NO4/c1-3-28-23(26)22-17-10-6-7-13-24(17)18(14-25)21(22)20-16-9-5-4-8-15(16)11-12-19(20)27-2/h4-14H,3H2,1-2H3. The molecule has 0 saturated heterocycles. The van der Waals surface area contributed by atoms with E-state index in [2.05, 4.69) is 0 Å². The molecular formula is C23H19NO4. The van der Waals surface area contributed by atoms with Gasteiger partial charge in [0.1, 0.15) is 5.75 Å². The Morgan fingerprint density at radius 3 is 2.57 bits per heavy atom. The van der Waals surface area contributed by atoms with Crippen molar-refractivity contribution in [3.63, 3.8) is 0 Å².